The van der Waals surface area contributed by atoms with Gasteiger partial charge in [-0.15, -0.1) is 0 Å². The summed E-state index contributed by atoms with van der Waals surface area (Å²) in [6.45, 7) is 1.24. The molecule has 28 heavy (non-hydrogen) atoms. The number of phenolic OH excluding ortho intramolecular Hbond substituents is 1. The number of para-hydroxylation sites is 1. The summed E-state index contributed by atoms with van der Waals surface area (Å²) in [7, 11) is 0. The Morgan fingerprint density at radius 1 is 1.29 bits per heavy atom. The van der Waals surface area contributed by atoms with Gasteiger partial charge in [-0.2, -0.15) is 0 Å². The zero-order valence-corrected chi connectivity index (χ0v) is 14.7. The molecule has 1 aliphatic rings. The molecule has 1 aromatic carbocycles. The first-order valence-electron chi connectivity index (χ1n) is 8.58. The van der Waals surface area contributed by atoms with Crippen LogP contribution in [0.2, 0.25) is 0 Å². The molecule has 0 radical (unpaired) electrons. The number of H-pyrrole nitrogens is 1. The predicted octanol–water partition coefficient (Wildman–Crippen LogP) is 1.40. The topological polar surface area (TPSA) is 138 Å². The van der Waals surface area contributed by atoms with Crippen LogP contribution in [0.1, 0.15) is 16.8 Å². The predicted molar refractivity (Wildman–Crippen MR) is 98.5 cm³/mol. The molecule has 0 saturated carbocycles. The molecule has 1 aliphatic heterocycles. The normalized spacial score (nSPS) is 13.9. The highest BCUT2D eigenvalue weighted by Crippen LogP contribution is 2.31. The quantitative estimate of drug-likeness (QED) is 0.512. The standard InChI is InChI=1S/C18H16N6O4/c25-16-11(2-1-3-15(16)24(27)28)8-23-5-4-14-13(9-23)18(26)22-17(21-14)12-6-19-10-20-7-12/h1-3,6-7,10,25H,4-5,8-9H2,(H,21,22,26). The van der Waals surface area contributed by atoms with Crippen molar-refractivity contribution in [2.45, 2.75) is 19.5 Å². The molecular weight excluding hydrogens is 364 g/mol. The number of nitrogens with zero attached hydrogens (tertiary/aromatic N) is 5. The SMILES string of the molecule is O=c1[nH]c(-c2cncnc2)nc2c1CN(Cc1cccc([N+](=O)[O-])c1O)CC2. The molecular formula is C18H16N6O4. The van der Waals surface area contributed by atoms with Crippen molar-refractivity contribution in [2.75, 3.05) is 6.54 Å². The number of aromatic amines is 1. The second-order valence-electron chi connectivity index (χ2n) is 6.47. The van der Waals surface area contributed by atoms with Crippen LogP contribution in [-0.2, 0) is 19.5 Å². The molecule has 3 heterocycles. The van der Waals surface area contributed by atoms with Crippen molar-refractivity contribution in [3.05, 3.63) is 74.2 Å². The lowest BCUT2D eigenvalue weighted by molar-refractivity contribution is -0.385. The number of nitrogens with one attached hydrogen (secondary N) is 1. The van der Waals surface area contributed by atoms with E-state index in [1.165, 1.54) is 18.5 Å². The first-order chi connectivity index (χ1) is 13.5. The fraction of sp³-hybridized carbons (Fsp3) is 0.222. The number of aromatic hydroxyl groups is 1. The fourth-order valence-corrected chi connectivity index (χ4v) is 3.27. The number of nitro benzene ring substituents is 1. The van der Waals surface area contributed by atoms with E-state index in [9.17, 15) is 20.0 Å². The van der Waals surface area contributed by atoms with Gasteiger partial charge in [0.15, 0.2) is 5.75 Å². The maximum absolute atomic E-state index is 12.6. The number of hydrogen-bond donors (Lipinski definition) is 2. The van der Waals surface area contributed by atoms with Gasteiger partial charge in [-0.1, -0.05) is 12.1 Å². The molecule has 0 spiro atoms. The van der Waals surface area contributed by atoms with E-state index in [0.29, 0.717) is 54.3 Å². The lowest BCUT2D eigenvalue weighted by Crippen LogP contribution is -2.35. The second-order valence-corrected chi connectivity index (χ2v) is 6.47. The molecule has 4 rings (SSSR count). The molecule has 142 valence electrons. The Bertz CT molecular complexity index is 1100. The summed E-state index contributed by atoms with van der Waals surface area (Å²) in [5, 5.41) is 21.1. The molecule has 10 nitrogen and oxygen atoms in total. The van der Waals surface area contributed by atoms with Gasteiger partial charge in [-0.25, -0.2) is 15.0 Å². The van der Waals surface area contributed by atoms with Crippen LogP contribution < -0.4 is 5.56 Å². The molecule has 0 unspecified atom stereocenters. The minimum atomic E-state index is -0.617. The summed E-state index contributed by atoms with van der Waals surface area (Å²) in [4.78, 5) is 40.1. The van der Waals surface area contributed by atoms with Gasteiger partial charge >= 0.3 is 5.69 Å². The molecule has 0 amide bonds. The maximum atomic E-state index is 12.6. The average molecular weight is 380 g/mol. The van der Waals surface area contributed by atoms with Gasteiger partial charge in [-0.05, 0) is 0 Å². The number of phenols is 1. The first kappa shape index (κ1) is 17.7. The van der Waals surface area contributed by atoms with Crippen LogP contribution in [0.5, 0.6) is 5.75 Å². The van der Waals surface area contributed by atoms with E-state index in [0.717, 1.165) is 0 Å². The van der Waals surface area contributed by atoms with Gasteiger partial charge < -0.3 is 10.1 Å². The number of fused-ring (bicyclic) bond motifs is 1. The van der Waals surface area contributed by atoms with E-state index in [1.54, 1.807) is 18.5 Å². The molecule has 2 aromatic heterocycles. The van der Waals surface area contributed by atoms with Crippen molar-refractivity contribution in [2.24, 2.45) is 0 Å². The Labute approximate surface area is 158 Å². The summed E-state index contributed by atoms with van der Waals surface area (Å²) in [5.74, 6) is 0.0823. The zero-order valence-electron chi connectivity index (χ0n) is 14.7. The van der Waals surface area contributed by atoms with Crippen LogP contribution in [0.3, 0.4) is 0 Å². The van der Waals surface area contributed by atoms with Crippen LogP contribution >= 0.6 is 0 Å². The van der Waals surface area contributed by atoms with Gasteiger partial charge in [0.05, 0.1) is 21.7 Å². The summed E-state index contributed by atoms with van der Waals surface area (Å²) in [5.41, 5.74) is 1.77. The minimum Gasteiger partial charge on any atom is -0.502 e. The van der Waals surface area contributed by atoms with E-state index < -0.39 is 4.92 Å². The van der Waals surface area contributed by atoms with Gasteiger partial charge in [0.2, 0.25) is 0 Å². The van der Waals surface area contributed by atoms with Crippen LogP contribution in [-0.4, -0.2) is 41.4 Å². The summed E-state index contributed by atoms with van der Waals surface area (Å²) < 4.78 is 0. The van der Waals surface area contributed by atoms with Crippen molar-refractivity contribution in [3.63, 3.8) is 0 Å². The van der Waals surface area contributed by atoms with Crippen LogP contribution in [0.15, 0.2) is 41.7 Å². The molecule has 0 bridgehead atoms. The van der Waals surface area contributed by atoms with E-state index in [-0.39, 0.29) is 17.0 Å². The summed E-state index contributed by atoms with van der Waals surface area (Å²) >= 11 is 0. The van der Waals surface area contributed by atoms with Crippen molar-refractivity contribution in [3.8, 4) is 17.1 Å². The molecule has 0 atom stereocenters. The largest absolute Gasteiger partial charge is 0.502 e. The number of hydrogen-bond acceptors (Lipinski definition) is 8. The second kappa shape index (κ2) is 7.16. The smallest absolute Gasteiger partial charge is 0.311 e. The van der Waals surface area contributed by atoms with Gasteiger partial charge in [-0.3, -0.25) is 19.8 Å². The third kappa shape index (κ3) is 3.32. The van der Waals surface area contributed by atoms with Crippen molar-refractivity contribution in [1.82, 2.24) is 24.8 Å². The molecule has 0 fully saturated rings. The highest BCUT2D eigenvalue weighted by Gasteiger charge is 2.24. The molecule has 2 N–H and O–H groups in total. The van der Waals surface area contributed by atoms with E-state index in [4.69, 9.17) is 0 Å². The number of aromatic nitrogens is 4. The summed E-state index contributed by atoms with van der Waals surface area (Å²) in [6, 6.07) is 4.43. The molecule has 0 aliphatic carbocycles. The fourth-order valence-electron chi connectivity index (χ4n) is 3.27. The highest BCUT2D eigenvalue weighted by molar-refractivity contribution is 5.52. The van der Waals surface area contributed by atoms with Crippen LogP contribution in [0.25, 0.3) is 11.4 Å². The van der Waals surface area contributed by atoms with E-state index >= 15 is 0 Å². The Balaban J connectivity index is 1.59. The Hall–Kier alpha value is -3.66. The number of benzene rings is 1. The van der Waals surface area contributed by atoms with Crippen molar-refractivity contribution in [1.29, 1.82) is 0 Å². The Morgan fingerprint density at radius 2 is 2.07 bits per heavy atom. The van der Waals surface area contributed by atoms with Crippen molar-refractivity contribution >= 4 is 5.69 Å². The first-order valence-corrected chi connectivity index (χ1v) is 8.58. The van der Waals surface area contributed by atoms with Crippen LogP contribution in [0, 0.1) is 10.1 Å². The van der Waals surface area contributed by atoms with Crippen molar-refractivity contribution < 1.29 is 10.0 Å². The van der Waals surface area contributed by atoms with E-state index in [2.05, 4.69) is 19.9 Å². The summed E-state index contributed by atoms with van der Waals surface area (Å²) in [6.07, 6.45) is 5.12. The minimum absolute atomic E-state index is 0.239. The van der Waals surface area contributed by atoms with Gasteiger partial charge in [0.1, 0.15) is 12.2 Å². The lowest BCUT2D eigenvalue weighted by atomic mass is 10.0. The number of nitro groups is 1. The third-order valence-corrected chi connectivity index (χ3v) is 4.67. The highest BCUT2D eigenvalue weighted by atomic mass is 16.6. The van der Waals surface area contributed by atoms with Gasteiger partial charge in [0, 0.05) is 50.1 Å². The van der Waals surface area contributed by atoms with Gasteiger partial charge in [0.25, 0.3) is 5.56 Å². The van der Waals surface area contributed by atoms with E-state index in [1.807, 2.05) is 4.90 Å². The zero-order chi connectivity index (χ0) is 19.7. The molecule has 3 aromatic rings. The molecule has 0 saturated heterocycles. The third-order valence-electron chi connectivity index (χ3n) is 4.67. The van der Waals surface area contributed by atoms with Crippen LogP contribution in [0.4, 0.5) is 5.69 Å². The average Bonchev–Trinajstić information content (AvgIpc) is 2.70. The molecule has 10 heteroatoms. The number of rotatable bonds is 4. The Kier molecular flexibility index (Phi) is 4.53. The monoisotopic (exact) mass is 380 g/mol. The maximum Gasteiger partial charge on any atom is 0.311 e. The lowest BCUT2D eigenvalue weighted by Gasteiger charge is -2.27. The Morgan fingerprint density at radius 3 is 2.82 bits per heavy atom.